The highest BCUT2D eigenvalue weighted by Crippen LogP contribution is 2.52. The predicted octanol–water partition coefficient (Wildman–Crippen LogP) is 2.19. The molecule has 0 bridgehead atoms. The van der Waals surface area contributed by atoms with Crippen molar-refractivity contribution >= 4 is 17.8 Å². The van der Waals surface area contributed by atoms with Crippen molar-refractivity contribution in [1.82, 2.24) is 5.32 Å². The molecule has 0 aromatic heterocycles. The molecule has 8 nitrogen and oxygen atoms in total. The summed E-state index contributed by atoms with van der Waals surface area (Å²) in [7, 11) is 0. The molecule has 3 N–H and O–H groups in total. The number of benzene rings is 1. The van der Waals surface area contributed by atoms with Gasteiger partial charge in [0.05, 0.1) is 18.3 Å². The van der Waals surface area contributed by atoms with Crippen molar-refractivity contribution in [2.24, 2.45) is 5.73 Å². The van der Waals surface area contributed by atoms with E-state index in [1.165, 1.54) is 0 Å². The van der Waals surface area contributed by atoms with Gasteiger partial charge in [0.1, 0.15) is 16.7 Å². The average molecular weight is 414 g/mol. The van der Waals surface area contributed by atoms with Crippen LogP contribution in [0.2, 0.25) is 0 Å². The van der Waals surface area contributed by atoms with Crippen LogP contribution in [0, 0.1) is 0 Å². The quantitative estimate of drug-likeness (QED) is 0.685. The van der Waals surface area contributed by atoms with Gasteiger partial charge < -0.3 is 25.3 Å². The van der Waals surface area contributed by atoms with Crippen LogP contribution in [0.15, 0.2) is 47.0 Å². The number of hydrogen-bond donors (Lipinski definition) is 2. The summed E-state index contributed by atoms with van der Waals surface area (Å²) in [5, 5.41) is 2.79. The van der Waals surface area contributed by atoms with Crippen LogP contribution in [0.3, 0.4) is 0 Å². The van der Waals surface area contributed by atoms with E-state index in [4.69, 9.17) is 19.9 Å². The molecule has 2 aliphatic rings. The normalized spacial score (nSPS) is 20.2. The zero-order chi connectivity index (χ0) is 22.1. The van der Waals surface area contributed by atoms with Crippen LogP contribution < -0.4 is 15.8 Å². The number of esters is 2. The third-order valence-corrected chi connectivity index (χ3v) is 4.94. The van der Waals surface area contributed by atoms with E-state index in [0.717, 1.165) is 0 Å². The number of hydrogen-bond acceptors (Lipinski definition) is 7. The lowest BCUT2D eigenvalue weighted by atomic mass is 9.67. The van der Waals surface area contributed by atoms with Crippen molar-refractivity contribution in [3.63, 3.8) is 0 Å². The summed E-state index contributed by atoms with van der Waals surface area (Å²) in [5.74, 6) is -2.09. The van der Waals surface area contributed by atoms with Gasteiger partial charge in [0, 0.05) is 11.3 Å². The van der Waals surface area contributed by atoms with Gasteiger partial charge in [-0.1, -0.05) is 31.5 Å². The van der Waals surface area contributed by atoms with Gasteiger partial charge in [-0.25, -0.2) is 9.59 Å². The fourth-order valence-corrected chi connectivity index (χ4v) is 3.93. The number of nitrogens with two attached hydrogens (primary N) is 1. The summed E-state index contributed by atoms with van der Waals surface area (Å²) < 4.78 is 16.3. The van der Waals surface area contributed by atoms with Crippen LogP contribution in [-0.4, -0.2) is 30.6 Å². The third-order valence-electron chi connectivity index (χ3n) is 4.94. The molecule has 1 amide bonds. The first kappa shape index (κ1) is 21.4. The van der Waals surface area contributed by atoms with Gasteiger partial charge in [-0.05, 0) is 33.3 Å². The highest BCUT2D eigenvalue weighted by atomic mass is 16.5. The molecule has 8 heteroatoms. The third kappa shape index (κ3) is 3.22. The molecule has 0 saturated heterocycles. The number of nitrogens with one attached hydrogen (secondary N) is 1. The second-order valence-electron chi connectivity index (χ2n) is 7.32. The van der Waals surface area contributed by atoms with Gasteiger partial charge in [0.25, 0.3) is 0 Å². The molecule has 30 heavy (non-hydrogen) atoms. The van der Waals surface area contributed by atoms with Crippen molar-refractivity contribution in [2.45, 2.75) is 52.1 Å². The SMILES string of the molecule is CCCC1=C(C(=O)OCC)C2(C(=O)N1)C(C(=O)OC(C)C)=C(N)Oc1ccccc12. The fraction of sp³-hybridized carbons (Fsp3) is 0.409. The monoisotopic (exact) mass is 414 g/mol. The summed E-state index contributed by atoms with van der Waals surface area (Å²) in [4.78, 5) is 39.8. The first-order chi connectivity index (χ1) is 14.3. The molecule has 1 atom stereocenters. The minimum absolute atomic E-state index is 0.0469. The van der Waals surface area contributed by atoms with E-state index in [9.17, 15) is 14.4 Å². The predicted molar refractivity (Wildman–Crippen MR) is 108 cm³/mol. The van der Waals surface area contributed by atoms with E-state index in [-0.39, 0.29) is 29.4 Å². The van der Waals surface area contributed by atoms with Gasteiger partial charge in [-0.3, -0.25) is 4.79 Å². The first-order valence-corrected chi connectivity index (χ1v) is 9.99. The van der Waals surface area contributed by atoms with Crippen molar-refractivity contribution < 1.29 is 28.6 Å². The maximum absolute atomic E-state index is 13.6. The van der Waals surface area contributed by atoms with Gasteiger partial charge in [0.15, 0.2) is 0 Å². The molecule has 0 fully saturated rings. The molecular weight excluding hydrogens is 388 g/mol. The van der Waals surface area contributed by atoms with E-state index in [0.29, 0.717) is 24.1 Å². The maximum Gasteiger partial charge on any atom is 0.341 e. The van der Waals surface area contributed by atoms with Crippen LogP contribution in [0.25, 0.3) is 0 Å². The minimum Gasteiger partial charge on any atom is -0.463 e. The smallest absolute Gasteiger partial charge is 0.341 e. The molecule has 1 unspecified atom stereocenters. The van der Waals surface area contributed by atoms with Gasteiger partial charge >= 0.3 is 11.9 Å². The largest absolute Gasteiger partial charge is 0.463 e. The lowest BCUT2D eigenvalue weighted by molar-refractivity contribution is -0.145. The Labute approximate surface area is 175 Å². The number of amides is 1. The topological polar surface area (TPSA) is 117 Å². The minimum atomic E-state index is -1.82. The molecule has 1 spiro atoms. The zero-order valence-electron chi connectivity index (χ0n) is 17.5. The second kappa shape index (κ2) is 8.22. The van der Waals surface area contributed by atoms with E-state index >= 15 is 0 Å². The van der Waals surface area contributed by atoms with Crippen LogP contribution in [0.5, 0.6) is 5.75 Å². The molecule has 0 aliphatic carbocycles. The molecule has 1 aromatic rings. The summed E-state index contributed by atoms with van der Waals surface area (Å²) in [6, 6.07) is 6.68. The Hall–Kier alpha value is -3.29. The molecule has 0 saturated carbocycles. The summed E-state index contributed by atoms with van der Waals surface area (Å²) in [6.45, 7) is 7.06. The molecule has 3 rings (SSSR count). The van der Waals surface area contributed by atoms with Crippen molar-refractivity contribution in [2.75, 3.05) is 6.61 Å². The lowest BCUT2D eigenvalue weighted by Gasteiger charge is -2.36. The van der Waals surface area contributed by atoms with Gasteiger partial charge in [-0.2, -0.15) is 0 Å². The van der Waals surface area contributed by atoms with Crippen LogP contribution in [0.4, 0.5) is 0 Å². The summed E-state index contributed by atoms with van der Waals surface area (Å²) >= 11 is 0. The van der Waals surface area contributed by atoms with Crippen molar-refractivity contribution in [3.8, 4) is 5.75 Å². The number of carbonyl (C=O) groups excluding carboxylic acids is 3. The Morgan fingerprint density at radius 1 is 1.17 bits per heavy atom. The molecule has 1 aromatic carbocycles. The number of rotatable bonds is 6. The summed E-state index contributed by atoms with van der Waals surface area (Å²) in [6.07, 6.45) is 0.607. The van der Waals surface area contributed by atoms with Crippen LogP contribution in [-0.2, 0) is 29.3 Å². The highest BCUT2D eigenvalue weighted by molar-refractivity contribution is 6.17. The average Bonchev–Trinajstić information content (AvgIpc) is 2.94. The number of ether oxygens (including phenoxy) is 3. The Morgan fingerprint density at radius 2 is 1.87 bits per heavy atom. The zero-order valence-corrected chi connectivity index (χ0v) is 17.5. The fourth-order valence-electron chi connectivity index (χ4n) is 3.93. The van der Waals surface area contributed by atoms with Crippen LogP contribution >= 0.6 is 0 Å². The van der Waals surface area contributed by atoms with E-state index < -0.39 is 29.4 Å². The number of para-hydroxylation sites is 1. The van der Waals surface area contributed by atoms with Crippen molar-refractivity contribution in [1.29, 1.82) is 0 Å². The summed E-state index contributed by atoms with van der Waals surface area (Å²) in [5.41, 5.74) is 4.89. The van der Waals surface area contributed by atoms with Gasteiger partial charge in [0.2, 0.25) is 11.8 Å². The van der Waals surface area contributed by atoms with Crippen molar-refractivity contribution in [3.05, 3.63) is 52.6 Å². The molecular formula is C22H26N2O6. The number of carbonyl (C=O) groups is 3. The Balaban J connectivity index is 2.38. The van der Waals surface area contributed by atoms with E-state index in [1.54, 1.807) is 45.0 Å². The van der Waals surface area contributed by atoms with Crippen LogP contribution in [0.1, 0.15) is 46.1 Å². The second-order valence-corrected chi connectivity index (χ2v) is 7.32. The highest BCUT2D eigenvalue weighted by Gasteiger charge is 2.62. The number of allylic oxidation sites excluding steroid dienone is 1. The maximum atomic E-state index is 13.6. The molecule has 2 aliphatic heterocycles. The molecule has 2 heterocycles. The van der Waals surface area contributed by atoms with E-state index in [1.807, 2.05) is 6.92 Å². The molecule has 0 radical (unpaired) electrons. The first-order valence-electron chi connectivity index (χ1n) is 9.99. The molecule has 160 valence electrons. The number of fused-ring (bicyclic) bond motifs is 2. The Kier molecular flexibility index (Phi) is 5.87. The standard InChI is InChI=1S/C22H26N2O6/c1-5-9-14-16(19(25)28-6-2)22(21(27)24-14)13-10-7-8-11-15(13)30-18(23)17(22)20(26)29-12(3)4/h7-8,10-12H,5-6,9,23H2,1-4H3,(H,24,27). The van der Waals surface area contributed by atoms with Gasteiger partial charge in [-0.15, -0.1) is 0 Å². The Morgan fingerprint density at radius 3 is 2.50 bits per heavy atom. The lowest BCUT2D eigenvalue weighted by Crippen LogP contribution is -2.49. The Bertz CT molecular complexity index is 962. The van der Waals surface area contributed by atoms with E-state index in [2.05, 4.69) is 5.32 Å².